The van der Waals surface area contributed by atoms with E-state index in [9.17, 15) is 4.79 Å². The fourth-order valence-corrected chi connectivity index (χ4v) is 3.01. The van der Waals surface area contributed by atoms with Crippen LogP contribution in [0.3, 0.4) is 0 Å². The molecule has 1 amide bonds. The molecule has 0 unspecified atom stereocenters. The van der Waals surface area contributed by atoms with E-state index < -0.39 is 0 Å². The highest BCUT2D eigenvalue weighted by Gasteiger charge is 2.08. The van der Waals surface area contributed by atoms with Gasteiger partial charge in [-0.25, -0.2) is 0 Å². The van der Waals surface area contributed by atoms with Crippen LogP contribution < -0.4 is 15.4 Å². The van der Waals surface area contributed by atoms with Gasteiger partial charge in [0.25, 0.3) is 0 Å². The van der Waals surface area contributed by atoms with E-state index in [-0.39, 0.29) is 12.5 Å². The Hall–Kier alpha value is -3.27. The lowest BCUT2D eigenvalue weighted by Gasteiger charge is -2.13. The lowest BCUT2D eigenvalue weighted by Crippen LogP contribution is -2.22. The van der Waals surface area contributed by atoms with E-state index in [1.165, 1.54) is 5.56 Å². The van der Waals surface area contributed by atoms with Crippen molar-refractivity contribution < 1.29 is 9.53 Å². The zero-order valence-corrected chi connectivity index (χ0v) is 15.9. The summed E-state index contributed by atoms with van der Waals surface area (Å²) in [5, 5.41) is 6.13. The number of carbonyl (C=O) groups excluding carboxylic acids is 1. The van der Waals surface area contributed by atoms with Crippen molar-refractivity contribution in [1.29, 1.82) is 0 Å². The Morgan fingerprint density at radius 1 is 0.852 bits per heavy atom. The molecule has 3 aromatic carbocycles. The fourth-order valence-electron chi connectivity index (χ4n) is 3.01. The highest BCUT2D eigenvalue weighted by Crippen LogP contribution is 2.23. The molecule has 2 N–H and O–H groups in total. The summed E-state index contributed by atoms with van der Waals surface area (Å²) in [6, 6.07) is 21.3. The Morgan fingerprint density at radius 3 is 2.07 bits per heavy atom. The second kappa shape index (κ2) is 8.41. The summed E-state index contributed by atoms with van der Waals surface area (Å²) < 4.78 is 5.77. The SMILES string of the molecule is Cc1cc(C)c(NC(=O)CNc2ccc(Oc3ccccc3)cc2)c(C)c1. The van der Waals surface area contributed by atoms with Crippen molar-refractivity contribution in [3.63, 3.8) is 0 Å². The maximum Gasteiger partial charge on any atom is 0.243 e. The number of rotatable bonds is 6. The van der Waals surface area contributed by atoms with Crippen LogP contribution in [0.15, 0.2) is 66.7 Å². The summed E-state index contributed by atoms with van der Waals surface area (Å²) in [6.07, 6.45) is 0. The first-order chi connectivity index (χ1) is 13.0. The van der Waals surface area contributed by atoms with Crippen molar-refractivity contribution in [2.24, 2.45) is 0 Å². The Bertz CT molecular complexity index is 896. The van der Waals surface area contributed by atoms with E-state index in [1.54, 1.807) is 0 Å². The summed E-state index contributed by atoms with van der Waals surface area (Å²) in [5.41, 5.74) is 5.09. The molecule has 4 heteroatoms. The number of hydrogen-bond donors (Lipinski definition) is 2. The van der Waals surface area contributed by atoms with Gasteiger partial charge in [0.15, 0.2) is 0 Å². The number of nitrogens with one attached hydrogen (secondary N) is 2. The van der Waals surface area contributed by atoms with Crippen LogP contribution in [-0.2, 0) is 4.79 Å². The molecule has 0 heterocycles. The van der Waals surface area contributed by atoms with Crippen LogP contribution in [-0.4, -0.2) is 12.5 Å². The number of ether oxygens (including phenoxy) is 1. The molecule has 0 bridgehead atoms. The Labute approximate surface area is 160 Å². The molecule has 0 saturated heterocycles. The molecule has 3 aromatic rings. The van der Waals surface area contributed by atoms with E-state index in [1.807, 2.05) is 68.4 Å². The number of carbonyl (C=O) groups is 1. The molecular weight excluding hydrogens is 336 g/mol. The van der Waals surface area contributed by atoms with Crippen LogP contribution in [0.25, 0.3) is 0 Å². The van der Waals surface area contributed by atoms with E-state index in [0.29, 0.717) is 0 Å². The standard InChI is InChI=1S/C23H24N2O2/c1-16-13-17(2)23(18(3)14-16)25-22(26)15-24-19-9-11-21(12-10-19)27-20-7-5-4-6-8-20/h4-14,24H,15H2,1-3H3,(H,25,26). The average molecular weight is 360 g/mol. The highest BCUT2D eigenvalue weighted by atomic mass is 16.5. The minimum absolute atomic E-state index is 0.0744. The third kappa shape index (κ3) is 5.11. The van der Waals surface area contributed by atoms with Crippen LogP contribution in [0.5, 0.6) is 11.5 Å². The lowest BCUT2D eigenvalue weighted by molar-refractivity contribution is -0.114. The lowest BCUT2D eigenvalue weighted by atomic mass is 10.1. The highest BCUT2D eigenvalue weighted by molar-refractivity contribution is 5.95. The van der Waals surface area contributed by atoms with Crippen molar-refractivity contribution >= 4 is 17.3 Å². The molecule has 138 valence electrons. The summed E-state index contributed by atoms with van der Waals surface area (Å²) in [7, 11) is 0. The molecule has 0 atom stereocenters. The number of amides is 1. The smallest absolute Gasteiger partial charge is 0.243 e. The normalized spacial score (nSPS) is 10.3. The zero-order chi connectivity index (χ0) is 19.2. The Balaban J connectivity index is 1.55. The van der Waals surface area contributed by atoms with Gasteiger partial charge in [-0.2, -0.15) is 0 Å². The van der Waals surface area contributed by atoms with Gasteiger partial charge in [-0.1, -0.05) is 35.9 Å². The topological polar surface area (TPSA) is 50.4 Å². The fraction of sp³-hybridized carbons (Fsp3) is 0.174. The van der Waals surface area contributed by atoms with Crippen LogP contribution in [0.2, 0.25) is 0 Å². The number of aryl methyl sites for hydroxylation is 3. The van der Waals surface area contributed by atoms with Crippen LogP contribution in [0, 0.1) is 20.8 Å². The zero-order valence-electron chi connectivity index (χ0n) is 15.9. The van der Waals surface area contributed by atoms with Gasteiger partial charge in [-0.05, 0) is 68.3 Å². The first kappa shape index (κ1) is 18.5. The van der Waals surface area contributed by atoms with Gasteiger partial charge < -0.3 is 15.4 Å². The van der Waals surface area contributed by atoms with Gasteiger partial charge in [-0.15, -0.1) is 0 Å². The van der Waals surface area contributed by atoms with Gasteiger partial charge in [0.1, 0.15) is 11.5 Å². The van der Waals surface area contributed by atoms with Gasteiger partial charge >= 0.3 is 0 Å². The van der Waals surface area contributed by atoms with Crippen molar-refractivity contribution in [3.05, 3.63) is 83.4 Å². The maximum absolute atomic E-state index is 12.3. The number of hydrogen-bond acceptors (Lipinski definition) is 3. The summed E-state index contributed by atoms with van der Waals surface area (Å²) in [5.74, 6) is 1.47. The molecule has 0 saturated carbocycles. The quantitative estimate of drug-likeness (QED) is 0.614. The minimum atomic E-state index is -0.0744. The number of benzene rings is 3. The van der Waals surface area contributed by atoms with Gasteiger partial charge in [-0.3, -0.25) is 4.79 Å². The van der Waals surface area contributed by atoms with E-state index >= 15 is 0 Å². The maximum atomic E-state index is 12.3. The monoisotopic (exact) mass is 360 g/mol. The van der Waals surface area contributed by atoms with E-state index in [2.05, 4.69) is 29.7 Å². The van der Waals surface area contributed by atoms with Crippen LogP contribution in [0.1, 0.15) is 16.7 Å². The Kier molecular flexibility index (Phi) is 5.77. The van der Waals surface area contributed by atoms with Crippen LogP contribution in [0.4, 0.5) is 11.4 Å². The average Bonchev–Trinajstić information content (AvgIpc) is 2.65. The van der Waals surface area contributed by atoms with Gasteiger partial charge in [0.05, 0.1) is 6.54 Å². The van der Waals surface area contributed by atoms with Crippen molar-refractivity contribution in [2.45, 2.75) is 20.8 Å². The van der Waals surface area contributed by atoms with Crippen molar-refractivity contribution in [3.8, 4) is 11.5 Å². The summed E-state index contributed by atoms with van der Waals surface area (Å²) >= 11 is 0. The molecule has 3 rings (SSSR count). The second-order valence-corrected chi connectivity index (χ2v) is 6.61. The predicted octanol–water partition coefficient (Wildman–Crippen LogP) is 5.45. The molecular formula is C23H24N2O2. The molecule has 0 aromatic heterocycles. The summed E-state index contributed by atoms with van der Waals surface area (Å²) in [6.45, 7) is 6.27. The number of para-hydroxylation sites is 1. The molecule has 27 heavy (non-hydrogen) atoms. The third-order valence-electron chi connectivity index (χ3n) is 4.23. The molecule has 4 nitrogen and oxygen atoms in total. The largest absolute Gasteiger partial charge is 0.457 e. The van der Waals surface area contributed by atoms with E-state index in [0.717, 1.165) is 34.0 Å². The molecule has 0 aliphatic carbocycles. The first-order valence-corrected chi connectivity index (χ1v) is 8.96. The molecule has 0 aliphatic rings. The minimum Gasteiger partial charge on any atom is -0.457 e. The predicted molar refractivity (Wildman–Crippen MR) is 111 cm³/mol. The molecule has 0 fully saturated rings. The van der Waals surface area contributed by atoms with Crippen LogP contribution >= 0.6 is 0 Å². The van der Waals surface area contributed by atoms with Gasteiger partial charge in [0, 0.05) is 11.4 Å². The number of anilines is 2. The van der Waals surface area contributed by atoms with E-state index in [4.69, 9.17) is 4.74 Å². The Morgan fingerprint density at radius 2 is 1.44 bits per heavy atom. The molecule has 0 aliphatic heterocycles. The molecule has 0 spiro atoms. The van der Waals surface area contributed by atoms with Gasteiger partial charge in [0.2, 0.25) is 5.91 Å². The van der Waals surface area contributed by atoms with Crippen molar-refractivity contribution in [1.82, 2.24) is 0 Å². The second-order valence-electron chi connectivity index (χ2n) is 6.61. The first-order valence-electron chi connectivity index (χ1n) is 8.96. The third-order valence-corrected chi connectivity index (χ3v) is 4.23. The molecule has 0 radical (unpaired) electrons. The van der Waals surface area contributed by atoms with Crippen molar-refractivity contribution in [2.75, 3.05) is 17.2 Å². The summed E-state index contributed by atoms with van der Waals surface area (Å²) in [4.78, 5) is 12.3.